The molecule has 0 bridgehead atoms. The summed E-state index contributed by atoms with van der Waals surface area (Å²) < 4.78 is 2.03. The van der Waals surface area contributed by atoms with Crippen LogP contribution in [0.3, 0.4) is 0 Å². The molecule has 5 nitrogen and oxygen atoms in total. The molecule has 21 heavy (non-hydrogen) atoms. The number of pyridine rings is 1. The number of rotatable bonds is 4. The molecule has 1 saturated carbocycles. The predicted molar refractivity (Wildman–Crippen MR) is 80.2 cm³/mol. The number of fused-ring (bicyclic) bond motifs is 1. The van der Waals surface area contributed by atoms with Gasteiger partial charge in [0.05, 0.1) is 11.6 Å². The zero-order valence-corrected chi connectivity index (χ0v) is 12.2. The number of nitrogens with one attached hydrogen (secondary N) is 1. The van der Waals surface area contributed by atoms with Gasteiger partial charge in [-0.3, -0.25) is 4.79 Å². The lowest BCUT2D eigenvalue weighted by atomic mass is 9.86. The molecule has 5 heteroatoms. The summed E-state index contributed by atoms with van der Waals surface area (Å²) in [6.07, 6.45) is 7.66. The van der Waals surface area contributed by atoms with E-state index in [1.54, 1.807) is 0 Å². The number of imidazole rings is 1. The second-order valence-electron chi connectivity index (χ2n) is 5.98. The first-order valence-corrected chi connectivity index (χ1v) is 7.52. The molecule has 0 aliphatic heterocycles. The molecule has 1 aliphatic rings. The minimum atomic E-state index is -0.662. The number of aryl methyl sites for hydroxylation is 1. The standard InChI is InChI=1S/C16H21N3O2/c1-11-5-6-15-18-14(10-19(15)9-11)8-17-13-4-2-3-12(7-13)16(20)21/h5-6,9-10,12-13,17H,2-4,7-8H2,1H3,(H,20,21). The quantitative estimate of drug-likeness (QED) is 0.906. The molecule has 0 aromatic carbocycles. The Bertz CT molecular complexity index is 650. The molecule has 0 radical (unpaired) electrons. The number of carboxylic acids is 1. The predicted octanol–water partition coefficient (Wildman–Crippen LogP) is 2.38. The Kier molecular flexibility index (Phi) is 3.92. The van der Waals surface area contributed by atoms with Crippen LogP contribution in [0.15, 0.2) is 24.5 Å². The number of hydrogen-bond acceptors (Lipinski definition) is 3. The van der Waals surface area contributed by atoms with E-state index in [-0.39, 0.29) is 12.0 Å². The molecule has 112 valence electrons. The maximum Gasteiger partial charge on any atom is 0.306 e. The SMILES string of the molecule is Cc1ccc2nc(CNC3CCCC(C(=O)O)C3)cn2c1. The molecule has 2 unspecified atom stereocenters. The summed E-state index contributed by atoms with van der Waals surface area (Å²) in [5.41, 5.74) is 3.15. The topological polar surface area (TPSA) is 66.6 Å². The number of hydrogen-bond donors (Lipinski definition) is 2. The van der Waals surface area contributed by atoms with Crippen LogP contribution in [-0.2, 0) is 11.3 Å². The highest BCUT2D eigenvalue weighted by atomic mass is 16.4. The molecule has 0 amide bonds. The summed E-state index contributed by atoms with van der Waals surface area (Å²) in [5, 5.41) is 12.6. The van der Waals surface area contributed by atoms with Gasteiger partial charge in [-0.25, -0.2) is 4.98 Å². The second-order valence-corrected chi connectivity index (χ2v) is 5.98. The van der Waals surface area contributed by atoms with Crippen molar-refractivity contribution in [2.45, 2.75) is 45.2 Å². The number of aromatic nitrogens is 2. The van der Waals surface area contributed by atoms with Crippen LogP contribution in [-0.4, -0.2) is 26.5 Å². The van der Waals surface area contributed by atoms with Gasteiger partial charge < -0.3 is 14.8 Å². The van der Waals surface area contributed by atoms with E-state index in [1.807, 2.05) is 16.7 Å². The fourth-order valence-corrected chi connectivity index (χ4v) is 3.09. The Labute approximate surface area is 124 Å². The van der Waals surface area contributed by atoms with Crippen molar-refractivity contribution in [1.29, 1.82) is 0 Å². The van der Waals surface area contributed by atoms with Crippen LogP contribution in [0.1, 0.15) is 36.9 Å². The molecule has 2 heterocycles. The van der Waals surface area contributed by atoms with Gasteiger partial charge in [-0.05, 0) is 37.8 Å². The van der Waals surface area contributed by atoms with E-state index < -0.39 is 5.97 Å². The van der Waals surface area contributed by atoms with E-state index in [1.165, 1.54) is 5.56 Å². The third kappa shape index (κ3) is 3.24. The zero-order valence-electron chi connectivity index (χ0n) is 12.2. The highest BCUT2D eigenvalue weighted by Crippen LogP contribution is 2.24. The average Bonchev–Trinajstić information content (AvgIpc) is 2.87. The smallest absolute Gasteiger partial charge is 0.306 e. The first-order valence-electron chi connectivity index (χ1n) is 7.52. The van der Waals surface area contributed by atoms with Crippen LogP contribution < -0.4 is 5.32 Å². The van der Waals surface area contributed by atoms with Gasteiger partial charge in [-0.2, -0.15) is 0 Å². The van der Waals surface area contributed by atoms with Gasteiger partial charge in [0.1, 0.15) is 5.65 Å². The molecule has 2 aromatic heterocycles. The lowest BCUT2D eigenvalue weighted by Gasteiger charge is -2.27. The average molecular weight is 287 g/mol. The van der Waals surface area contributed by atoms with Gasteiger partial charge in [0.15, 0.2) is 0 Å². The minimum Gasteiger partial charge on any atom is -0.481 e. The fraction of sp³-hybridized carbons (Fsp3) is 0.500. The molecular formula is C16H21N3O2. The summed E-state index contributed by atoms with van der Waals surface area (Å²) in [4.78, 5) is 15.7. The van der Waals surface area contributed by atoms with Crippen LogP contribution in [0.5, 0.6) is 0 Å². The normalized spacial score (nSPS) is 22.5. The van der Waals surface area contributed by atoms with Crippen molar-refractivity contribution in [1.82, 2.24) is 14.7 Å². The monoisotopic (exact) mass is 287 g/mol. The first kappa shape index (κ1) is 14.1. The lowest BCUT2D eigenvalue weighted by Crippen LogP contribution is -2.36. The molecule has 2 N–H and O–H groups in total. The maximum atomic E-state index is 11.1. The van der Waals surface area contributed by atoms with E-state index in [0.29, 0.717) is 6.54 Å². The Morgan fingerprint density at radius 2 is 2.29 bits per heavy atom. The van der Waals surface area contributed by atoms with Gasteiger partial charge in [0.2, 0.25) is 0 Å². The van der Waals surface area contributed by atoms with E-state index in [2.05, 4.69) is 29.5 Å². The summed E-state index contributed by atoms with van der Waals surface area (Å²) in [6, 6.07) is 4.35. The highest BCUT2D eigenvalue weighted by Gasteiger charge is 2.26. The largest absolute Gasteiger partial charge is 0.481 e. The van der Waals surface area contributed by atoms with Crippen molar-refractivity contribution in [2.24, 2.45) is 5.92 Å². The van der Waals surface area contributed by atoms with Crippen molar-refractivity contribution in [3.8, 4) is 0 Å². The van der Waals surface area contributed by atoms with E-state index in [9.17, 15) is 4.79 Å². The molecule has 0 spiro atoms. The van der Waals surface area contributed by atoms with Crippen LogP contribution in [0.25, 0.3) is 5.65 Å². The molecular weight excluding hydrogens is 266 g/mol. The van der Waals surface area contributed by atoms with Crippen molar-refractivity contribution >= 4 is 11.6 Å². The van der Waals surface area contributed by atoms with Crippen LogP contribution in [0, 0.1) is 12.8 Å². The third-order valence-electron chi connectivity index (χ3n) is 4.24. The fourth-order valence-electron chi connectivity index (χ4n) is 3.09. The van der Waals surface area contributed by atoms with Gasteiger partial charge in [0.25, 0.3) is 0 Å². The lowest BCUT2D eigenvalue weighted by molar-refractivity contribution is -0.143. The molecule has 0 saturated heterocycles. The summed E-state index contributed by atoms with van der Waals surface area (Å²) in [7, 11) is 0. The maximum absolute atomic E-state index is 11.1. The first-order chi connectivity index (χ1) is 10.1. The van der Waals surface area contributed by atoms with Crippen LogP contribution >= 0.6 is 0 Å². The zero-order chi connectivity index (χ0) is 14.8. The molecule has 2 atom stereocenters. The second kappa shape index (κ2) is 5.85. The molecule has 1 aliphatic carbocycles. The molecule has 1 fully saturated rings. The van der Waals surface area contributed by atoms with Gasteiger partial charge in [0, 0.05) is 25.0 Å². The Balaban J connectivity index is 1.62. The Hall–Kier alpha value is -1.88. The number of carbonyl (C=O) groups is 1. The third-order valence-corrected chi connectivity index (χ3v) is 4.24. The van der Waals surface area contributed by atoms with E-state index >= 15 is 0 Å². The van der Waals surface area contributed by atoms with E-state index in [0.717, 1.165) is 37.0 Å². The van der Waals surface area contributed by atoms with Gasteiger partial charge in [-0.15, -0.1) is 0 Å². The Morgan fingerprint density at radius 3 is 3.10 bits per heavy atom. The van der Waals surface area contributed by atoms with Crippen molar-refractivity contribution < 1.29 is 9.90 Å². The van der Waals surface area contributed by atoms with Crippen molar-refractivity contribution in [3.05, 3.63) is 35.8 Å². The minimum absolute atomic E-state index is 0.194. The van der Waals surface area contributed by atoms with Crippen LogP contribution in [0.2, 0.25) is 0 Å². The number of nitrogens with zero attached hydrogens (tertiary/aromatic N) is 2. The van der Waals surface area contributed by atoms with Crippen molar-refractivity contribution in [3.63, 3.8) is 0 Å². The van der Waals surface area contributed by atoms with Gasteiger partial charge in [-0.1, -0.05) is 12.5 Å². The van der Waals surface area contributed by atoms with Crippen LogP contribution in [0.4, 0.5) is 0 Å². The molecule has 3 rings (SSSR count). The Morgan fingerprint density at radius 1 is 1.43 bits per heavy atom. The number of aliphatic carboxylic acids is 1. The highest BCUT2D eigenvalue weighted by molar-refractivity contribution is 5.70. The van der Waals surface area contributed by atoms with Crippen molar-refractivity contribution in [2.75, 3.05) is 0 Å². The molecule has 2 aromatic rings. The summed E-state index contributed by atoms with van der Waals surface area (Å²) >= 11 is 0. The summed E-state index contributed by atoms with van der Waals surface area (Å²) in [5.74, 6) is -0.857. The van der Waals surface area contributed by atoms with E-state index in [4.69, 9.17) is 5.11 Å². The summed E-state index contributed by atoms with van der Waals surface area (Å²) in [6.45, 7) is 2.75. The van der Waals surface area contributed by atoms with Gasteiger partial charge >= 0.3 is 5.97 Å². The number of carboxylic acid groups (broad SMARTS) is 1.